The third-order valence-electron chi connectivity index (χ3n) is 2.53. The van der Waals surface area contributed by atoms with Gasteiger partial charge in [-0.25, -0.2) is 4.79 Å². The number of imide groups is 1. The predicted molar refractivity (Wildman–Crippen MR) is 83.1 cm³/mol. The summed E-state index contributed by atoms with van der Waals surface area (Å²) in [6.45, 7) is -1.53. The maximum Gasteiger partial charge on any atom is 0.405 e. The van der Waals surface area contributed by atoms with Crippen LogP contribution in [0.3, 0.4) is 0 Å². The van der Waals surface area contributed by atoms with Crippen LogP contribution in [0.2, 0.25) is 5.02 Å². The number of urea groups is 1. The Bertz CT molecular complexity index is 752. The third-order valence-corrected chi connectivity index (χ3v) is 3.60. The zero-order chi connectivity index (χ0) is 18.4. The van der Waals surface area contributed by atoms with E-state index in [0.29, 0.717) is 10.6 Å². The normalized spacial score (nSPS) is 11.2. The number of nitrogens with one attached hydrogen (secondary N) is 2. The molecule has 0 bridgehead atoms. The van der Waals surface area contributed by atoms with Crippen molar-refractivity contribution in [3.8, 4) is 11.5 Å². The Balaban J connectivity index is 1.80. The highest BCUT2D eigenvalue weighted by molar-refractivity contribution is 7.99. The molecule has 0 saturated carbocycles. The maximum absolute atomic E-state index is 11.9. The summed E-state index contributed by atoms with van der Waals surface area (Å²) >= 11 is 6.60. The maximum atomic E-state index is 11.9. The van der Waals surface area contributed by atoms with Gasteiger partial charge in [0.1, 0.15) is 6.54 Å². The minimum atomic E-state index is -4.56. The number of rotatable bonds is 5. The molecule has 7 nitrogen and oxygen atoms in total. The van der Waals surface area contributed by atoms with Crippen molar-refractivity contribution >= 4 is 35.3 Å². The van der Waals surface area contributed by atoms with Gasteiger partial charge >= 0.3 is 12.2 Å². The van der Waals surface area contributed by atoms with Crippen LogP contribution in [0.15, 0.2) is 33.9 Å². The molecule has 0 aliphatic rings. The minimum Gasteiger partial charge on any atom is -0.411 e. The van der Waals surface area contributed by atoms with E-state index in [4.69, 9.17) is 16.0 Å². The van der Waals surface area contributed by atoms with Gasteiger partial charge in [-0.3, -0.25) is 10.1 Å². The molecule has 0 atom stereocenters. The molecule has 0 spiro atoms. The molecule has 0 fully saturated rings. The summed E-state index contributed by atoms with van der Waals surface area (Å²) in [5.41, 5.74) is 0.625. The number of benzene rings is 1. The van der Waals surface area contributed by atoms with Crippen molar-refractivity contribution < 1.29 is 27.2 Å². The lowest BCUT2D eigenvalue weighted by molar-refractivity contribution is -0.124. The van der Waals surface area contributed by atoms with Gasteiger partial charge in [0.15, 0.2) is 0 Å². The molecule has 0 aliphatic carbocycles. The second-order valence-electron chi connectivity index (χ2n) is 4.51. The Morgan fingerprint density at radius 3 is 2.52 bits per heavy atom. The van der Waals surface area contributed by atoms with Gasteiger partial charge in [0.25, 0.3) is 5.22 Å². The number of alkyl halides is 3. The topological polar surface area (TPSA) is 97.1 Å². The zero-order valence-corrected chi connectivity index (χ0v) is 13.8. The lowest BCUT2D eigenvalue weighted by atomic mass is 10.2. The zero-order valence-electron chi connectivity index (χ0n) is 12.3. The molecule has 0 saturated heterocycles. The number of nitrogens with zero attached hydrogens (tertiary/aromatic N) is 2. The van der Waals surface area contributed by atoms with Crippen LogP contribution in [0.4, 0.5) is 18.0 Å². The molecular weight excluding hydrogens is 385 g/mol. The van der Waals surface area contributed by atoms with Gasteiger partial charge in [-0.05, 0) is 24.3 Å². The lowest BCUT2D eigenvalue weighted by Crippen LogP contribution is -2.43. The van der Waals surface area contributed by atoms with E-state index in [1.165, 1.54) is 5.32 Å². The van der Waals surface area contributed by atoms with Crippen LogP contribution in [-0.4, -0.2) is 40.6 Å². The van der Waals surface area contributed by atoms with E-state index in [9.17, 15) is 22.8 Å². The van der Waals surface area contributed by atoms with Gasteiger partial charge in [0, 0.05) is 10.6 Å². The van der Waals surface area contributed by atoms with Gasteiger partial charge in [-0.2, -0.15) is 13.2 Å². The molecule has 2 N–H and O–H groups in total. The number of hydrogen-bond acceptors (Lipinski definition) is 6. The number of hydrogen-bond donors (Lipinski definition) is 2. The molecule has 12 heteroatoms. The monoisotopic (exact) mass is 394 g/mol. The van der Waals surface area contributed by atoms with Crippen LogP contribution in [-0.2, 0) is 4.79 Å². The van der Waals surface area contributed by atoms with Crippen LogP contribution in [0, 0.1) is 0 Å². The number of aromatic nitrogens is 2. The molecule has 0 radical (unpaired) electrons. The molecule has 1 heterocycles. The van der Waals surface area contributed by atoms with Crippen molar-refractivity contribution in [3.05, 3.63) is 29.3 Å². The molecule has 2 aromatic rings. The highest BCUT2D eigenvalue weighted by Crippen LogP contribution is 2.24. The largest absolute Gasteiger partial charge is 0.411 e. The minimum absolute atomic E-state index is 0.0656. The first kappa shape index (κ1) is 19.1. The Morgan fingerprint density at radius 1 is 1.20 bits per heavy atom. The SMILES string of the molecule is O=C(CSc1nnc(-c2ccc(Cl)cc2)o1)NC(=O)NCC(F)(F)F. The number of carbonyl (C=O) groups is 2. The Hall–Kier alpha value is -2.27. The standard InChI is InChI=1S/C13H10ClF3N4O3S/c14-8-3-1-7(2-4-8)10-20-21-12(24-10)25-5-9(22)19-11(23)18-6-13(15,16)17/h1-4H,5-6H2,(H2,18,19,22,23). The highest BCUT2D eigenvalue weighted by Gasteiger charge is 2.28. The smallest absolute Gasteiger partial charge is 0.405 e. The average molecular weight is 395 g/mol. The molecule has 3 amide bonds. The molecule has 2 rings (SSSR count). The van der Waals surface area contributed by atoms with Crippen molar-refractivity contribution in [1.29, 1.82) is 0 Å². The van der Waals surface area contributed by atoms with E-state index in [2.05, 4.69) is 10.2 Å². The Labute approximate surface area is 148 Å². The van der Waals surface area contributed by atoms with Crippen molar-refractivity contribution in [2.45, 2.75) is 11.4 Å². The third kappa shape index (κ3) is 6.63. The van der Waals surface area contributed by atoms with Crippen LogP contribution >= 0.6 is 23.4 Å². The molecule has 0 unspecified atom stereocenters. The van der Waals surface area contributed by atoms with Crippen molar-refractivity contribution in [1.82, 2.24) is 20.8 Å². The van der Waals surface area contributed by atoms with E-state index in [1.54, 1.807) is 29.6 Å². The summed E-state index contributed by atoms with van der Waals surface area (Å²) in [5, 5.41) is 11.4. The summed E-state index contributed by atoms with van der Waals surface area (Å²) in [4.78, 5) is 22.6. The number of amides is 3. The second-order valence-corrected chi connectivity index (χ2v) is 5.88. The summed E-state index contributed by atoms with van der Waals surface area (Å²) in [6.07, 6.45) is -4.56. The quantitative estimate of drug-likeness (QED) is 0.757. The number of carbonyl (C=O) groups excluding carboxylic acids is 2. The van der Waals surface area contributed by atoms with Crippen molar-refractivity contribution in [3.63, 3.8) is 0 Å². The summed E-state index contributed by atoms with van der Waals surface area (Å²) in [6, 6.07) is 5.38. The molecule has 25 heavy (non-hydrogen) atoms. The first-order valence-electron chi connectivity index (χ1n) is 6.59. The lowest BCUT2D eigenvalue weighted by Gasteiger charge is -2.08. The van der Waals surface area contributed by atoms with E-state index >= 15 is 0 Å². The summed E-state index contributed by atoms with van der Waals surface area (Å²) in [5.74, 6) is -0.889. The van der Waals surface area contributed by atoms with E-state index in [0.717, 1.165) is 11.8 Å². The fraction of sp³-hybridized carbons (Fsp3) is 0.231. The van der Waals surface area contributed by atoms with E-state index in [1.807, 2.05) is 0 Å². The first-order chi connectivity index (χ1) is 11.7. The van der Waals surface area contributed by atoms with Gasteiger partial charge < -0.3 is 9.73 Å². The molecule has 1 aromatic carbocycles. The first-order valence-corrected chi connectivity index (χ1v) is 7.96. The number of thioether (sulfide) groups is 1. The molecule has 1 aromatic heterocycles. The van der Waals surface area contributed by atoms with E-state index in [-0.39, 0.29) is 16.9 Å². The number of halogens is 4. The fourth-order valence-electron chi connectivity index (χ4n) is 1.49. The predicted octanol–water partition coefficient (Wildman–Crippen LogP) is 2.87. The van der Waals surface area contributed by atoms with Gasteiger partial charge in [0.2, 0.25) is 11.8 Å². The molecular formula is C13H10ClF3N4O3S. The summed E-state index contributed by atoms with van der Waals surface area (Å²) < 4.78 is 41.1. The fourth-order valence-corrected chi connectivity index (χ4v) is 2.18. The highest BCUT2D eigenvalue weighted by atomic mass is 35.5. The average Bonchev–Trinajstić information content (AvgIpc) is 3.00. The van der Waals surface area contributed by atoms with Crippen molar-refractivity contribution in [2.75, 3.05) is 12.3 Å². The molecule has 0 aliphatic heterocycles. The summed E-state index contributed by atoms with van der Waals surface area (Å²) in [7, 11) is 0. The molecule has 134 valence electrons. The van der Waals surface area contributed by atoms with Crippen molar-refractivity contribution in [2.24, 2.45) is 0 Å². The Morgan fingerprint density at radius 2 is 1.88 bits per heavy atom. The van der Waals surface area contributed by atoms with Crippen LogP contribution in [0.5, 0.6) is 0 Å². The van der Waals surface area contributed by atoms with Gasteiger partial charge in [-0.1, -0.05) is 23.4 Å². The van der Waals surface area contributed by atoms with Crippen LogP contribution in [0.1, 0.15) is 0 Å². The van der Waals surface area contributed by atoms with Crippen LogP contribution < -0.4 is 10.6 Å². The van der Waals surface area contributed by atoms with Gasteiger partial charge in [-0.15, -0.1) is 10.2 Å². The Kier molecular flexibility index (Phi) is 6.26. The van der Waals surface area contributed by atoms with Crippen LogP contribution in [0.25, 0.3) is 11.5 Å². The van der Waals surface area contributed by atoms with E-state index < -0.39 is 24.7 Å². The second kappa shape index (κ2) is 8.21. The van der Waals surface area contributed by atoms with Gasteiger partial charge in [0.05, 0.1) is 5.75 Å².